The largest absolute Gasteiger partial charge is 0.439 e. The maximum atomic E-state index is 5.99. The zero-order valence-corrected chi connectivity index (χ0v) is 13.0. The van der Waals surface area contributed by atoms with Gasteiger partial charge in [-0.1, -0.05) is 13.8 Å². The van der Waals surface area contributed by atoms with Crippen LogP contribution in [0.15, 0.2) is 21.0 Å². The molecule has 0 amide bonds. The van der Waals surface area contributed by atoms with Gasteiger partial charge in [0, 0.05) is 5.92 Å². The first-order chi connectivity index (χ1) is 9.15. The lowest BCUT2D eigenvalue weighted by Crippen LogP contribution is -2.26. The summed E-state index contributed by atoms with van der Waals surface area (Å²) in [5.74, 6) is 1.86. The molecule has 3 rings (SSSR count). The smallest absolute Gasteiger partial charge is 0.198 e. The predicted molar refractivity (Wildman–Crippen MR) is 80.6 cm³/mol. The van der Waals surface area contributed by atoms with Gasteiger partial charge in [0.05, 0.1) is 4.47 Å². The normalized spacial score (nSPS) is 17.5. The first-order valence-electron chi connectivity index (χ1n) is 6.95. The van der Waals surface area contributed by atoms with E-state index in [-0.39, 0.29) is 0 Å². The van der Waals surface area contributed by atoms with E-state index in [0.29, 0.717) is 11.8 Å². The standard InChI is InChI=1S/C15H19BrN2O/c1-9(2)11-7-12(16)14-13(8-11)18-15(19-14)10-3-5-17-6-4-10/h7-10,17H,3-6H2,1-2H3. The number of aromatic nitrogens is 1. The maximum Gasteiger partial charge on any atom is 0.198 e. The fraction of sp³-hybridized carbons (Fsp3) is 0.533. The Morgan fingerprint density at radius 3 is 2.74 bits per heavy atom. The molecule has 0 radical (unpaired) electrons. The lowest BCUT2D eigenvalue weighted by Gasteiger charge is -2.19. The lowest BCUT2D eigenvalue weighted by atomic mass is 9.98. The highest BCUT2D eigenvalue weighted by atomic mass is 79.9. The summed E-state index contributed by atoms with van der Waals surface area (Å²) in [6, 6.07) is 4.29. The highest BCUT2D eigenvalue weighted by Crippen LogP contribution is 2.33. The molecule has 1 saturated heterocycles. The first-order valence-corrected chi connectivity index (χ1v) is 7.75. The summed E-state index contributed by atoms with van der Waals surface area (Å²) in [5.41, 5.74) is 3.16. The van der Waals surface area contributed by atoms with Crippen LogP contribution in [-0.2, 0) is 0 Å². The van der Waals surface area contributed by atoms with E-state index in [0.717, 1.165) is 47.4 Å². The lowest BCUT2D eigenvalue weighted by molar-refractivity contribution is 0.385. The number of hydrogen-bond acceptors (Lipinski definition) is 3. The fourth-order valence-corrected chi connectivity index (χ4v) is 3.15. The number of fused-ring (bicyclic) bond motifs is 1. The molecule has 1 aromatic carbocycles. The molecule has 102 valence electrons. The van der Waals surface area contributed by atoms with Crippen LogP contribution in [0.4, 0.5) is 0 Å². The van der Waals surface area contributed by atoms with Crippen molar-refractivity contribution in [2.24, 2.45) is 0 Å². The van der Waals surface area contributed by atoms with Crippen molar-refractivity contribution in [2.75, 3.05) is 13.1 Å². The molecule has 0 bridgehead atoms. The molecule has 4 heteroatoms. The van der Waals surface area contributed by atoms with E-state index in [1.165, 1.54) is 5.56 Å². The molecule has 0 aliphatic carbocycles. The minimum atomic E-state index is 0.461. The minimum Gasteiger partial charge on any atom is -0.439 e. The Morgan fingerprint density at radius 2 is 2.05 bits per heavy atom. The highest BCUT2D eigenvalue weighted by Gasteiger charge is 2.21. The van der Waals surface area contributed by atoms with Crippen LogP contribution in [0.1, 0.15) is 50.0 Å². The van der Waals surface area contributed by atoms with Crippen LogP contribution in [0.25, 0.3) is 11.1 Å². The van der Waals surface area contributed by atoms with Crippen molar-refractivity contribution in [3.8, 4) is 0 Å². The van der Waals surface area contributed by atoms with Gasteiger partial charge in [-0.25, -0.2) is 4.98 Å². The Morgan fingerprint density at radius 1 is 1.32 bits per heavy atom. The summed E-state index contributed by atoms with van der Waals surface area (Å²) in [4.78, 5) is 4.72. The summed E-state index contributed by atoms with van der Waals surface area (Å²) >= 11 is 3.61. The van der Waals surface area contributed by atoms with Gasteiger partial charge < -0.3 is 9.73 Å². The van der Waals surface area contributed by atoms with Gasteiger partial charge in [0.15, 0.2) is 11.5 Å². The van der Waals surface area contributed by atoms with Crippen LogP contribution in [0.2, 0.25) is 0 Å². The Labute approximate surface area is 121 Å². The molecule has 1 N–H and O–H groups in total. The molecule has 1 fully saturated rings. The van der Waals surface area contributed by atoms with Gasteiger partial charge in [-0.05, 0) is 65.5 Å². The van der Waals surface area contributed by atoms with Gasteiger partial charge in [0.1, 0.15) is 5.52 Å². The van der Waals surface area contributed by atoms with Gasteiger partial charge in [-0.2, -0.15) is 0 Å². The number of oxazole rings is 1. The molecular formula is C15H19BrN2O. The van der Waals surface area contributed by atoms with Crippen LogP contribution in [0.3, 0.4) is 0 Å². The maximum absolute atomic E-state index is 5.99. The van der Waals surface area contributed by atoms with Crippen LogP contribution in [0.5, 0.6) is 0 Å². The third kappa shape index (κ3) is 2.56. The van der Waals surface area contributed by atoms with Crippen molar-refractivity contribution >= 4 is 27.0 Å². The second-order valence-electron chi connectivity index (χ2n) is 5.58. The minimum absolute atomic E-state index is 0.461. The molecule has 0 spiro atoms. The van der Waals surface area contributed by atoms with Crippen molar-refractivity contribution in [1.29, 1.82) is 0 Å². The molecule has 1 aromatic heterocycles. The third-order valence-electron chi connectivity index (χ3n) is 3.84. The van der Waals surface area contributed by atoms with Gasteiger partial charge in [-0.15, -0.1) is 0 Å². The average Bonchev–Trinajstić information content (AvgIpc) is 2.84. The molecule has 0 atom stereocenters. The SMILES string of the molecule is CC(C)c1cc(Br)c2oc(C3CCNCC3)nc2c1. The molecule has 19 heavy (non-hydrogen) atoms. The topological polar surface area (TPSA) is 38.1 Å². The number of rotatable bonds is 2. The molecular weight excluding hydrogens is 304 g/mol. The fourth-order valence-electron chi connectivity index (χ4n) is 2.61. The summed E-state index contributed by atoms with van der Waals surface area (Å²) in [6.07, 6.45) is 2.23. The quantitative estimate of drug-likeness (QED) is 0.901. The first kappa shape index (κ1) is 13.1. The summed E-state index contributed by atoms with van der Waals surface area (Å²) < 4.78 is 7.00. The molecule has 0 unspecified atom stereocenters. The third-order valence-corrected chi connectivity index (χ3v) is 4.43. The van der Waals surface area contributed by atoms with Crippen LogP contribution < -0.4 is 5.32 Å². The van der Waals surface area contributed by atoms with Crippen molar-refractivity contribution in [3.05, 3.63) is 28.1 Å². The zero-order valence-electron chi connectivity index (χ0n) is 11.4. The van der Waals surface area contributed by atoms with Gasteiger partial charge in [-0.3, -0.25) is 0 Å². The van der Waals surface area contributed by atoms with E-state index in [2.05, 4.69) is 47.2 Å². The number of nitrogens with one attached hydrogen (secondary N) is 1. The second kappa shape index (κ2) is 5.25. The molecule has 2 aromatic rings. The molecule has 2 heterocycles. The van der Waals surface area contributed by atoms with E-state index in [9.17, 15) is 0 Å². The Kier molecular flexibility index (Phi) is 3.63. The summed E-state index contributed by atoms with van der Waals surface area (Å²) in [6.45, 7) is 6.51. The molecule has 3 nitrogen and oxygen atoms in total. The van der Waals surface area contributed by atoms with E-state index in [1.807, 2.05) is 0 Å². The van der Waals surface area contributed by atoms with E-state index in [1.54, 1.807) is 0 Å². The number of benzene rings is 1. The van der Waals surface area contributed by atoms with E-state index < -0.39 is 0 Å². The molecule has 1 aliphatic heterocycles. The number of halogens is 1. The summed E-state index contributed by atoms with van der Waals surface area (Å²) in [7, 11) is 0. The average molecular weight is 323 g/mol. The van der Waals surface area contributed by atoms with Crippen molar-refractivity contribution in [3.63, 3.8) is 0 Å². The molecule has 1 aliphatic rings. The van der Waals surface area contributed by atoms with Crippen molar-refractivity contribution < 1.29 is 4.42 Å². The highest BCUT2D eigenvalue weighted by molar-refractivity contribution is 9.10. The van der Waals surface area contributed by atoms with Crippen LogP contribution in [-0.4, -0.2) is 18.1 Å². The van der Waals surface area contributed by atoms with E-state index >= 15 is 0 Å². The Hall–Kier alpha value is -0.870. The number of nitrogens with zero attached hydrogens (tertiary/aromatic N) is 1. The number of piperidine rings is 1. The zero-order chi connectivity index (χ0) is 13.4. The molecule has 0 saturated carbocycles. The van der Waals surface area contributed by atoms with Gasteiger partial charge in [0.25, 0.3) is 0 Å². The van der Waals surface area contributed by atoms with E-state index in [4.69, 9.17) is 9.40 Å². The van der Waals surface area contributed by atoms with Crippen molar-refractivity contribution in [2.45, 2.75) is 38.5 Å². The number of hydrogen-bond donors (Lipinski definition) is 1. The van der Waals surface area contributed by atoms with Crippen LogP contribution in [0, 0.1) is 0 Å². The van der Waals surface area contributed by atoms with Crippen molar-refractivity contribution in [1.82, 2.24) is 10.3 Å². The Balaban J connectivity index is 2.02. The second-order valence-corrected chi connectivity index (χ2v) is 6.44. The predicted octanol–water partition coefficient (Wildman–Crippen LogP) is 4.18. The summed E-state index contributed by atoms with van der Waals surface area (Å²) in [5, 5.41) is 3.37. The van der Waals surface area contributed by atoms with Gasteiger partial charge in [0.2, 0.25) is 0 Å². The van der Waals surface area contributed by atoms with Gasteiger partial charge >= 0.3 is 0 Å². The monoisotopic (exact) mass is 322 g/mol. The Bertz CT molecular complexity index is 585. The van der Waals surface area contributed by atoms with Crippen LogP contribution >= 0.6 is 15.9 Å².